The molecule has 0 fully saturated rings. The van der Waals surface area contributed by atoms with Gasteiger partial charge in [-0.15, -0.1) is 0 Å². The van der Waals surface area contributed by atoms with Gasteiger partial charge in [0.1, 0.15) is 0 Å². The second-order valence-electron chi connectivity index (χ2n) is 4.96. The molecule has 2 aromatic heterocycles. The fourth-order valence-electron chi connectivity index (χ4n) is 2.22. The summed E-state index contributed by atoms with van der Waals surface area (Å²) in [6.07, 6.45) is 0.738. The van der Waals surface area contributed by atoms with Gasteiger partial charge in [-0.05, 0) is 19.4 Å². The van der Waals surface area contributed by atoms with Crippen molar-refractivity contribution in [3.05, 3.63) is 53.3 Å². The number of carbonyl (C=O) groups is 1. The van der Waals surface area contributed by atoms with Crippen molar-refractivity contribution in [2.45, 2.75) is 20.3 Å². The molecule has 3 rings (SSSR count). The molecule has 0 radical (unpaired) electrons. The fraction of sp³-hybridized carbons (Fsp3) is 0.188. The van der Waals surface area contributed by atoms with Gasteiger partial charge in [0, 0.05) is 11.6 Å². The van der Waals surface area contributed by atoms with E-state index in [-0.39, 0.29) is 5.69 Å². The fourth-order valence-corrected chi connectivity index (χ4v) is 2.22. The van der Waals surface area contributed by atoms with Crippen molar-refractivity contribution in [2.75, 3.05) is 0 Å². The van der Waals surface area contributed by atoms with Crippen molar-refractivity contribution >= 4 is 11.6 Å². The van der Waals surface area contributed by atoms with Crippen molar-refractivity contribution in [3.8, 4) is 11.3 Å². The largest absolute Gasteiger partial charge is 0.477 e. The topological polar surface area (TPSA) is 67.5 Å². The lowest BCUT2D eigenvalue weighted by Crippen LogP contribution is -2.08. The van der Waals surface area contributed by atoms with Crippen molar-refractivity contribution in [3.63, 3.8) is 0 Å². The molecule has 5 nitrogen and oxygen atoms in total. The second-order valence-corrected chi connectivity index (χ2v) is 4.96. The number of aryl methyl sites for hydroxylation is 2. The van der Waals surface area contributed by atoms with Gasteiger partial charge in [-0.2, -0.15) is 5.10 Å². The van der Waals surface area contributed by atoms with Crippen LogP contribution in [0.2, 0.25) is 0 Å². The van der Waals surface area contributed by atoms with Gasteiger partial charge < -0.3 is 5.11 Å². The molecule has 0 aliphatic heterocycles. The van der Waals surface area contributed by atoms with Gasteiger partial charge in [0.2, 0.25) is 0 Å². The van der Waals surface area contributed by atoms with Gasteiger partial charge >= 0.3 is 5.97 Å². The zero-order valence-electron chi connectivity index (χ0n) is 11.9. The van der Waals surface area contributed by atoms with Crippen molar-refractivity contribution in [1.82, 2.24) is 14.6 Å². The Bertz CT molecular complexity index is 819. The Balaban J connectivity index is 2.24. The van der Waals surface area contributed by atoms with E-state index in [2.05, 4.69) is 10.1 Å². The van der Waals surface area contributed by atoms with Crippen LogP contribution in [0.15, 0.2) is 36.4 Å². The third-order valence-corrected chi connectivity index (χ3v) is 3.41. The molecule has 2 heterocycles. The highest BCUT2D eigenvalue weighted by atomic mass is 16.4. The molecule has 0 saturated carbocycles. The number of aromatic nitrogens is 3. The molecule has 1 N–H and O–H groups in total. The van der Waals surface area contributed by atoms with Crippen LogP contribution in [0.1, 0.15) is 28.7 Å². The monoisotopic (exact) mass is 281 g/mol. The van der Waals surface area contributed by atoms with Crippen LogP contribution >= 0.6 is 0 Å². The summed E-state index contributed by atoms with van der Waals surface area (Å²) in [7, 11) is 0. The minimum absolute atomic E-state index is 0.121. The number of rotatable bonds is 3. The normalized spacial score (nSPS) is 11.0. The van der Waals surface area contributed by atoms with E-state index < -0.39 is 5.97 Å². The smallest absolute Gasteiger partial charge is 0.354 e. The molecule has 0 spiro atoms. The van der Waals surface area contributed by atoms with Gasteiger partial charge in [0.25, 0.3) is 0 Å². The van der Waals surface area contributed by atoms with E-state index in [9.17, 15) is 9.90 Å². The second kappa shape index (κ2) is 5.01. The average Bonchev–Trinajstić information content (AvgIpc) is 2.89. The number of hydrogen-bond acceptors (Lipinski definition) is 3. The van der Waals surface area contributed by atoms with E-state index in [1.807, 2.05) is 44.2 Å². The van der Waals surface area contributed by atoms with Crippen molar-refractivity contribution < 1.29 is 9.90 Å². The first-order valence-electron chi connectivity index (χ1n) is 6.78. The van der Waals surface area contributed by atoms with E-state index in [1.165, 1.54) is 4.52 Å². The number of aromatic carboxylic acids is 1. The highest BCUT2D eigenvalue weighted by Gasteiger charge is 2.15. The summed E-state index contributed by atoms with van der Waals surface area (Å²) in [5, 5.41) is 13.7. The van der Waals surface area contributed by atoms with Crippen LogP contribution in [0, 0.1) is 6.92 Å². The Labute approximate surface area is 121 Å². The maximum atomic E-state index is 11.5. The van der Waals surface area contributed by atoms with Crippen LogP contribution in [-0.2, 0) is 6.42 Å². The predicted octanol–water partition coefficient (Wildman–Crippen LogP) is 2.97. The van der Waals surface area contributed by atoms with E-state index in [4.69, 9.17) is 0 Å². The Morgan fingerprint density at radius 2 is 1.95 bits per heavy atom. The molecule has 0 saturated heterocycles. The summed E-state index contributed by atoms with van der Waals surface area (Å²) < 4.78 is 1.39. The Morgan fingerprint density at radius 1 is 1.24 bits per heavy atom. The average molecular weight is 281 g/mol. The summed E-state index contributed by atoms with van der Waals surface area (Å²) in [5.74, 6) is -1.01. The van der Waals surface area contributed by atoms with Gasteiger partial charge in [-0.1, -0.05) is 36.8 Å². The Morgan fingerprint density at radius 3 is 2.57 bits per heavy atom. The lowest BCUT2D eigenvalue weighted by molar-refractivity contribution is 0.0687. The number of fused-ring (bicyclic) bond motifs is 1. The first-order chi connectivity index (χ1) is 10.1. The lowest BCUT2D eigenvalue weighted by atomic mass is 10.1. The first-order valence-corrected chi connectivity index (χ1v) is 6.78. The highest BCUT2D eigenvalue weighted by Crippen LogP contribution is 2.21. The van der Waals surface area contributed by atoms with Crippen LogP contribution < -0.4 is 0 Å². The summed E-state index contributed by atoms with van der Waals surface area (Å²) >= 11 is 0. The van der Waals surface area contributed by atoms with Gasteiger partial charge in [-0.25, -0.2) is 14.3 Å². The highest BCUT2D eigenvalue weighted by molar-refractivity contribution is 5.88. The molecule has 1 aromatic carbocycles. The molecule has 21 heavy (non-hydrogen) atoms. The van der Waals surface area contributed by atoms with Crippen LogP contribution in [-0.4, -0.2) is 25.7 Å². The Hall–Kier alpha value is -2.69. The number of hydrogen-bond donors (Lipinski definition) is 1. The van der Waals surface area contributed by atoms with Crippen molar-refractivity contribution in [1.29, 1.82) is 0 Å². The molecule has 0 unspecified atom stereocenters. The minimum atomic E-state index is -1.01. The third-order valence-electron chi connectivity index (χ3n) is 3.41. The zero-order chi connectivity index (χ0) is 15.0. The number of benzene rings is 1. The van der Waals surface area contributed by atoms with Crippen LogP contribution in [0.3, 0.4) is 0 Å². The molecule has 0 bridgehead atoms. The van der Waals surface area contributed by atoms with Gasteiger partial charge in [0.05, 0.1) is 11.4 Å². The molecule has 3 aromatic rings. The molecular weight excluding hydrogens is 266 g/mol. The summed E-state index contributed by atoms with van der Waals surface area (Å²) in [6, 6.07) is 11.2. The third kappa shape index (κ3) is 2.38. The quantitative estimate of drug-likeness (QED) is 0.801. The number of carboxylic acids is 1. The molecule has 0 aliphatic rings. The number of carboxylic acid groups (broad SMARTS) is 1. The molecule has 106 valence electrons. The van der Waals surface area contributed by atoms with Crippen LogP contribution in [0.25, 0.3) is 16.9 Å². The van der Waals surface area contributed by atoms with E-state index in [0.29, 0.717) is 11.3 Å². The maximum Gasteiger partial charge on any atom is 0.354 e. The zero-order valence-corrected chi connectivity index (χ0v) is 11.9. The molecule has 5 heteroatoms. The number of nitrogens with zero attached hydrogens (tertiary/aromatic N) is 3. The standard InChI is InChI=1S/C16H15N3O2/c1-3-12-8-15-17-13(11-6-4-10(2)5-7-11)9-14(16(20)21)19(15)18-12/h4-9H,3H2,1-2H3,(H,20,21). The van der Waals surface area contributed by atoms with E-state index in [1.54, 1.807) is 6.07 Å². The van der Waals surface area contributed by atoms with Crippen LogP contribution in [0.4, 0.5) is 0 Å². The summed E-state index contributed by atoms with van der Waals surface area (Å²) in [5.41, 5.74) is 4.19. The molecule has 0 atom stereocenters. The van der Waals surface area contributed by atoms with E-state index in [0.717, 1.165) is 23.2 Å². The predicted molar refractivity (Wildman–Crippen MR) is 79.5 cm³/mol. The van der Waals surface area contributed by atoms with Gasteiger partial charge in [-0.3, -0.25) is 0 Å². The summed E-state index contributed by atoms with van der Waals surface area (Å²) in [4.78, 5) is 16.0. The van der Waals surface area contributed by atoms with E-state index >= 15 is 0 Å². The maximum absolute atomic E-state index is 11.5. The first kappa shape index (κ1) is 13.3. The molecular formula is C16H15N3O2. The summed E-state index contributed by atoms with van der Waals surface area (Å²) in [6.45, 7) is 3.98. The molecule has 0 aliphatic carbocycles. The van der Waals surface area contributed by atoms with Crippen molar-refractivity contribution in [2.24, 2.45) is 0 Å². The lowest BCUT2D eigenvalue weighted by Gasteiger charge is -2.05. The Kier molecular flexibility index (Phi) is 3.17. The van der Waals surface area contributed by atoms with Crippen LogP contribution in [0.5, 0.6) is 0 Å². The minimum Gasteiger partial charge on any atom is -0.477 e. The van der Waals surface area contributed by atoms with Gasteiger partial charge in [0.15, 0.2) is 11.3 Å². The molecule has 0 amide bonds. The SMILES string of the molecule is CCc1cc2nc(-c3ccc(C)cc3)cc(C(=O)O)n2n1.